The van der Waals surface area contributed by atoms with Gasteiger partial charge in [-0.05, 0) is 47.1 Å². The second kappa shape index (κ2) is 6.50. The number of halogens is 2. The number of hydrogen-bond acceptors (Lipinski definition) is 3. The van der Waals surface area contributed by atoms with Crippen LogP contribution in [-0.2, 0) is 6.54 Å². The molecule has 0 bridgehead atoms. The predicted octanol–water partition coefficient (Wildman–Crippen LogP) is 4.22. The van der Waals surface area contributed by atoms with E-state index >= 15 is 0 Å². The van der Waals surface area contributed by atoms with Crippen molar-refractivity contribution in [3.05, 3.63) is 49.8 Å². The van der Waals surface area contributed by atoms with Gasteiger partial charge in [-0.1, -0.05) is 11.6 Å². The van der Waals surface area contributed by atoms with E-state index in [1.165, 1.54) is 11.3 Å². The third kappa shape index (κ3) is 3.55. The molecule has 0 radical (unpaired) electrons. The molecule has 0 aliphatic rings. The summed E-state index contributed by atoms with van der Waals surface area (Å²) < 4.78 is 1.31. The normalized spacial score (nSPS) is 10.5. The lowest BCUT2D eigenvalue weighted by atomic mass is 10.2. The molecule has 0 aliphatic heterocycles. The molecular weight excluding hydrogens is 348 g/mol. The van der Waals surface area contributed by atoms with Gasteiger partial charge in [-0.25, -0.2) is 4.98 Å². The number of pyridine rings is 1. The Kier molecular flexibility index (Phi) is 4.96. The fourth-order valence-electron chi connectivity index (χ4n) is 1.67. The summed E-state index contributed by atoms with van der Waals surface area (Å²) >= 11 is 10.7. The first-order chi connectivity index (χ1) is 9.11. The molecule has 0 atom stereocenters. The largest absolute Gasteiger partial charge is 0.334 e. The number of amides is 1. The Morgan fingerprint density at radius 1 is 1.47 bits per heavy atom. The Balaban J connectivity index is 2.18. The lowest BCUT2D eigenvalue weighted by molar-refractivity contribution is 0.0752. The van der Waals surface area contributed by atoms with Crippen LogP contribution in [0.4, 0.5) is 0 Å². The number of nitrogens with zero attached hydrogens (tertiary/aromatic N) is 2. The van der Waals surface area contributed by atoms with Crippen molar-refractivity contribution in [2.24, 2.45) is 0 Å². The second-order valence-electron chi connectivity index (χ2n) is 3.87. The highest BCUT2D eigenvalue weighted by atomic mass is 79.9. The van der Waals surface area contributed by atoms with Crippen molar-refractivity contribution in [3.8, 4) is 0 Å². The number of rotatable bonds is 4. The van der Waals surface area contributed by atoms with Crippen molar-refractivity contribution in [1.29, 1.82) is 0 Å². The Morgan fingerprint density at radius 3 is 2.84 bits per heavy atom. The van der Waals surface area contributed by atoms with Gasteiger partial charge in [-0.15, -0.1) is 11.3 Å². The molecule has 0 unspecified atom stereocenters. The zero-order valence-corrected chi connectivity index (χ0v) is 13.4. The summed E-state index contributed by atoms with van der Waals surface area (Å²) in [6.07, 6.45) is 1.65. The van der Waals surface area contributed by atoms with E-state index in [2.05, 4.69) is 20.9 Å². The molecule has 100 valence electrons. The number of carbonyl (C=O) groups excluding carboxylic acids is 1. The predicted molar refractivity (Wildman–Crippen MR) is 81.7 cm³/mol. The zero-order chi connectivity index (χ0) is 13.8. The molecule has 6 heteroatoms. The van der Waals surface area contributed by atoms with E-state index in [4.69, 9.17) is 11.6 Å². The van der Waals surface area contributed by atoms with Crippen LogP contribution in [0.2, 0.25) is 4.34 Å². The standard InChI is InChI=1S/C13H12BrClN2OS/c1-2-17(8-9-5-6-11(15)19-9)13(18)10-4-3-7-16-12(10)14/h3-7H,2,8H2,1H3. The van der Waals surface area contributed by atoms with Gasteiger partial charge >= 0.3 is 0 Å². The van der Waals surface area contributed by atoms with Crippen LogP contribution in [0.3, 0.4) is 0 Å². The molecule has 1 amide bonds. The van der Waals surface area contributed by atoms with Gasteiger partial charge in [0.2, 0.25) is 0 Å². The molecule has 2 rings (SSSR count). The van der Waals surface area contributed by atoms with E-state index in [0.717, 1.165) is 9.21 Å². The monoisotopic (exact) mass is 358 g/mol. The third-order valence-electron chi connectivity index (χ3n) is 2.63. The van der Waals surface area contributed by atoms with Crippen LogP contribution in [0.1, 0.15) is 22.2 Å². The lowest BCUT2D eigenvalue weighted by Gasteiger charge is -2.20. The van der Waals surface area contributed by atoms with Gasteiger partial charge in [0.1, 0.15) is 4.60 Å². The van der Waals surface area contributed by atoms with E-state index in [0.29, 0.717) is 23.3 Å². The molecule has 0 saturated heterocycles. The minimum Gasteiger partial charge on any atom is -0.334 e. The molecular formula is C13H12BrClN2OS. The summed E-state index contributed by atoms with van der Waals surface area (Å²) in [4.78, 5) is 19.4. The van der Waals surface area contributed by atoms with Gasteiger partial charge in [0.05, 0.1) is 16.4 Å². The molecule has 0 aliphatic carbocycles. The van der Waals surface area contributed by atoms with Crippen molar-refractivity contribution in [3.63, 3.8) is 0 Å². The van der Waals surface area contributed by atoms with Crippen molar-refractivity contribution in [2.75, 3.05) is 6.54 Å². The summed E-state index contributed by atoms with van der Waals surface area (Å²) in [5, 5.41) is 0. The fourth-order valence-corrected chi connectivity index (χ4v) is 3.19. The van der Waals surface area contributed by atoms with Crippen LogP contribution in [0.5, 0.6) is 0 Å². The maximum atomic E-state index is 12.4. The molecule has 19 heavy (non-hydrogen) atoms. The van der Waals surface area contributed by atoms with E-state index in [1.54, 1.807) is 23.2 Å². The van der Waals surface area contributed by atoms with Crippen LogP contribution in [0, 0.1) is 0 Å². The number of carbonyl (C=O) groups is 1. The number of thiophene rings is 1. The topological polar surface area (TPSA) is 33.2 Å². The first kappa shape index (κ1) is 14.5. The van der Waals surface area contributed by atoms with Crippen LogP contribution in [-0.4, -0.2) is 22.3 Å². The van der Waals surface area contributed by atoms with Crippen LogP contribution in [0.15, 0.2) is 35.1 Å². The van der Waals surface area contributed by atoms with Crippen LogP contribution in [0.25, 0.3) is 0 Å². The quantitative estimate of drug-likeness (QED) is 0.766. The highest BCUT2D eigenvalue weighted by Gasteiger charge is 2.18. The minimum absolute atomic E-state index is 0.0352. The molecule has 0 fully saturated rings. The van der Waals surface area contributed by atoms with Gasteiger partial charge < -0.3 is 4.90 Å². The average Bonchev–Trinajstić information content (AvgIpc) is 2.81. The summed E-state index contributed by atoms with van der Waals surface area (Å²) in [7, 11) is 0. The lowest BCUT2D eigenvalue weighted by Crippen LogP contribution is -2.30. The van der Waals surface area contributed by atoms with Crippen LogP contribution < -0.4 is 0 Å². The van der Waals surface area contributed by atoms with Crippen molar-refractivity contribution in [1.82, 2.24) is 9.88 Å². The average molecular weight is 360 g/mol. The Labute approximate surface area is 129 Å². The fraction of sp³-hybridized carbons (Fsp3) is 0.231. The van der Waals surface area contributed by atoms with Gasteiger partial charge in [-0.3, -0.25) is 4.79 Å². The van der Waals surface area contributed by atoms with Crippen molar-refractivity contribution >= 4 is 44.8 Å². The number of hydrogen-bond donors (Lipinski definition) is 0. The third-order valence-corrected chi connectivity index (χ3v) is 4.48. The molecule has 2 heterocycles. The van der Waals surface area contributed by atoms with Crippen LogP contribution >= 0.6 is 38.9 Å². The first-order valence-corrected chi connectivity index (χ1v) is 7.74. The molecule has 0 saturated carbocycles. The first-order valence-electron chi connectivity index (χ1n) is 5.75. The SMILES string of the molecule is CCN(Cc1ccc(Cl)s1)C(=O)c1cccnc1Br. The number of aromatic nitrogens is 1. The van der Waals surface area contributed by atoms with Gasteiger partial charge in [0, 0.05) is 17.6 Å². The van der Waals surface area contributed by atoms with Gasteiger partial charge in [0.15, 0.2) is 0 Å². The molecule has 2 aromatic heterocycles. The summed E-state index contributed by atoms with van der Waals surface area (Å²) in [6, 6.07) is 7.32. The molecule has 0 spiro atoms. The van der Waals surface area contributed by atoms with Crippen molar-refractivity contribution < 1.29 is 4.79 Å². The Morgan fingerprint density at radius 2 is 2.26 bits per heavy atom. The van der Waals surface area contributed by atoms with E-state index in [9.17, 15) is 4.79 Å². The Bertz CT molecular complexity index is 588. The molecule has 0 N–H and O–H groups in total. The van der Waals surface area contributed by atoms with Crippen molar-refractivity contribution in [2.45, 2.75) is 13.5 Å². The van der Waals surface area contributed by atoms with E-state index in [1.807, 2.05) is 19.1 Å². The molecule has 0 aromatic carbocycles. The van der Waals surface area contributed by atoms with E-state index in [-0.39, 0.29) is 5.91 Å². The van der Waals surface area contributed by atoms with Gasteiger partial charge in [0.25, 0.3) is 5.91 Å². The Hall–Kier alpha value is -0.910. The molecule has 3 nitrogen and oxygen atoms in total. The maximum absolute atomic E-state index is 12.4. The summed E-state index contributed by atoms with van der Waals surface area (Å²) in [6.45, 7) is 3.15. The van der Waals surface area contributed by atoms with Gasteiger partial charge in [-0.2, -0.15) is 0 Å². The maximum Gasteiger partial charge on any atom is 0.256 e. The minimum atomic E-state index is -0.0352. The highest BCUT2D eigenvalue weighted by molar-refractivity contribution is 9.10. The highest BCUT2D eigenvalue weighted by Crippen LogP contribution is 2.24. The summed E-state index contributed by atoms with van der Waals surface area (Å²) in [5.74, 6) is -0.0352. The van der Waals surface area contributed by atoms with E-state index < -0.39 is 0 Å². The zero-order valence-electron chi connectivity index (χ0n) is 10.3. The summed E-state index contributed by atoms with van der Waals surface area (Å²) in [5.41, 5.74) is 0.576. The second-order valence-corrected chi connectivity index (χ2v) is 6.42. The smallest absolute Gasteiger partial charge is 0.256 e. The molecule has 2 aromatic rings.